The summed E-state index contributed by atoms with van der Waals surface area (Å²) < 4.78 is 0. The fourth-order valence-corrected chi connectivity index (χ4v) is 2.59. The zero-order chi connectivity index (χ0) is 16.3. The Bertz CT molecular complexity index is 379. The summed E-state index contributed by atoms with van der Waals surface area (Å²) in [6.45, 7) is 11.8. The summed E-state index contributed by atoms with van der Waals surface area (Å²) in [6.07, 6.45) is 3.11. The first-order chi connectivity index (χ1) is 9.57. The molecular formula is C16H30N2O3. The maximum atomic E-state index is 12.4. The number of rotatable bonds is 4. The minimum Gasteiger partial charge on any atom is -0.481 e. The molecule has 1 aliphatic heterocycles. The molecule has 0 bridgehead atoms. The molecule has 0 radical (unpaired) electrons. The lowest BCUT2D eigenvalue weighted by Crippen LogP contribution is -2.53. The highest BCUT2D eigenvalue weighted by molar-refractivity contribution is 5.76. The third kappa shape index (κ3) is 5.21. The van der Waals surface area contributed by atoms with Gasteiger partial charge in [0, 0.05) is 19.1 Å². The summed E-state index contributed by atoms with van der Waals surface area (Å²) in [5.41, 5.74) is 0.0586. The number of amides is 2. The Labute approximate surface area is 128 Å². The second-order valence-corrected chi connectivity index (χ2v) is 7.62. The van der Waals surface area contributed by atoms with E-state index in [1.807, 2.05) is 25.7 Å². The monoisotopic (exact) mass is 298 g/mol. The minimum atomic E-state index is -0.882. The van der Waals surface area contributed by atoms with Crippen molar-refractivity contribution >= 4 is 12.0 Å². The van der Waals surface area contributed by atoms with Crippen LogP contribution < -0.4 is 5.32 Å². The van der Waals surface area contributed by atoms with Crippen molar-refractivity contribution in [2.75, 3.05) is 13.1 Å². The highest BCUT2D eigenvalue weighted by Gasteiger charge is 2.33. The van der Waals surface area contributed by atoms with Gasteiger partial charge in [0.25, 0.3) is 0 Å². The number of carboxylic acids is 1. The van der Waals surface area contributed by atoms with E-state index in [9.17, 15) is 9.59 Å². The normalized spacial score (nSPS) is 20.0. The molecule has 1 saturated heterocycles. The molecule has 0 aromatic rings. The molecule has 1 fully saturated rings. The van der Waals surface area contributed by atoms with Crippen LogP contribution in [-0.4, -0.2) is 41.1 Å². The van der Waals surface area contributed by atoms with Gasteiger partial charge in [-0.05, 0) is 23.7 Å². The van der Waals surface area contributed by atoms with Gasteiger partial charge in [0.2, 0.25) is 0 Å². The maximum absolute atomic E-state index is 12.4. The van der Waals surface area contributed by atoms with Gasteiger partial charge in [0.15, 0.2) is 0 Å². The van der Waals surface area contributed by atoms with Crippen LogP contribution in [0.3, 0.4) is 0 Å². The second-order valence-electron chi connectivity index (χ2n) is 7.62. The van der Waals surface area contributed by atoms with Crippen LogP contribution in [0.1, 0.15) is 60.3 Å². The van der Waals surface area contributed by atoms with E-state index in [4.69, 9.17) is 5.11 Å². The third-order valence-electron chi connectivity index (χ3n) is 4.83. The summed E-state index contributed by atoms with van der Waals surface area (Å²) in [6, 6.07) is -0.490. The van der Waals surface area contributed by atoms with Crippen molar-refractivity contribution in [2.24, 2.45) is 10.8 Å². The van der Waals surface area contributed by atoms with E-state index in [1.54, 1.807) is 0 Å². The maximum Gasteiger partial charge on any atom is 0.317 e. The van der Waals surface area contributed by atoms with Crippen molar-refractivity contribution < 1.29 is 14.7 Å². The van der Waals surface area contributed by atoms with Crippen LogP contribution in [-0.2, 0) is 4.79 Å². The van der Waals surface area contributed by atoms with Gasteiger partial charge in [-0.25, -0.2) is 4.79 Å². The molecule has 0 saturated carbocycles. The van der Waals surface area contributed by atoms with Gasteiger partial charge in [0.1, 0.15) is 0 Å². The number of piperidine rings is 1. The standard InChI is InChI=1S/C16H30N2O3/c1-6-16(5)7-9-18(10-8-16)14(21)17-12(11-13(19)20)15(2,3)4/h12H,6-11H2,1-5H3,(H,17,21)(H,19,20). The summed E-state index contributed by atoms with van der Waals surface area (Å²) >= 11 is 0. The van der Waals surface area contributed by atoms with Gasteiger partial charge in [-0.15, -0.1) is 0 Å². The van der Waals surface area contributed by atoms with Crippen LogP contribution in [0.5, 0.6) is 0 Å². The molecule has 0 spiro atoms. The smallest absolute Gasteiger partial charge is 0.317 e. The largest absolute Gasteiger partial charge is 0.481 e. The van der Waals surface area contributed by atoms with Crippen LogP contribution in [0.4, 0.5) is 4.79 Å². The van der Waals surface area contributed by atoms with Gasteiger partial charge in [-0.1, -0.05) is 41.0 Å². The van der Waals surface area contributed by atoms with Crippen molar-refractivity contribution in [3.8, 4) is 0 Å². The number of nitrogens with zero attached hydrogens (tertiary/aromatic N) is 1. The molecule has 2 amide bonds. The van der Waals surface area contributed by atoms with E-state index < -0.39 is 5.97 Å². The Hall–Kier alpha value is -1.26. The predicted molar refractivity (Wildman–Crippen MR) is 83.2 cm³/mol. The molecule has 1 aliphatic rings. The fourth-order valence-electron chi connectivity index (χ4n) is 2.59. The molecule has 5 heteroatoms. The molecule has 0 aromatic carbocycles. The van der Waals surface area contributed by atoms with E-state index in [0.717, 1.165) is 32.4 Å². The molecule has 1 heterocycles. The Morgan fingerprint density at radius 1 is 1.29 bits per heavy atom. The topological polar surface area (TPSA) is 69.6 Å². The number of carboxylic acid groups (broad SMARTS) is 1. The highest BCUT2D eigenvalue weighted by Crippen LogP contribution is 2.34. The Balaban J connectivity index is 2.61. The first kappa shape index (κ1) is 17.8. The van der Waals surface area contributed by atoms with Crippen molar-refractivity contribution in [2.45, 2.75) is 66.3 Å². The zero-order valence-corrected chi connectivity index (χ0v) is 14.0. The zero-order valence-electron chi connectivity index (χ0n) is 14.0. The average Bonchev–Trinajstić information content (AvgIpc) is 2.37. The van der Waals surface area contributed by atoms with Crippen molar-refractivity contribution in [1.29, 1.82) is 0 Å². The number of aliphatic carboxylic acids is 1. The molecule has 122 valence electrons. The number of carbonyl (C=O) groups excluding carboxylic acids is 1. The lowest BCUT2D eigenvalue weighted by molar-refractivity contribution is -0.138. The van der Waals surface area contributed by atoms with Crippen LogP contribution in [0.25, 0.3) is 0 Å². The Kier molecular flexibility index (Phi) is 5.65. The summed E-state index contributed by atoms with van der Waals surface area (Å²) in [4.78, 5) is 25.1. The van der Waals surface area contributed by atoms with Gasteiger partial charge in [-0.3, -0.25) is 4.79 Å². The SMILES string of the molecule is CCC1(C)CCN(C(=O)NC(CC(=O)O)C(C)(C)C)CC1. The lowest BCUT2D eigenvalue weighted by atomic mass is 9.78. The molecule has 2 N–H and O–H groups in total. The first-order valence-corrected chi connectivity index (χ1v) is 7.84. The summed E-state index contributed by atoms with van der Waals surface area (Å²) in [7, 11) is 0. The number of hydrogen-bond donors (Lipinski definition) is 2. The molecule has 21 heavy (non-hydrogen) atoms. The highest BCUT2D eigenvalue weighted by atomic mass is 16.4. The Morgan fingerprint density at radius 2 is 1.81 bits per heavy atom. The average molecular weight is 298 g/mol. The quantitative estimate of drug-likeness (QED) is 0.838. The van der Waals surface area contributed by atoms with Crippen LogP contribution in [0.15, 0.2) is 0 Å². The first-order valence-electron chi connectivity index (χ1n) is 7.84. The number of urea groups is 1. The number of nitrogens with one attached hydrogen (secondary N) is 1. The third-order valence-corrected chi connectivity index (χ3v) is 4.83. The minimum absolute atomic E-state index is 0.0459. The van der Waals surface area contributed by atoms with Crippen molar-refractivity contribution in [3.05, 3.63) is 0 Å². The molecule has 5 nitrogen and oxygen atoms in total. The van der Waals surface area contributed by atoms with Crippen LogP contribution in [0, 0.1) is 10.8 Å². The number of carbonyl (C=O) groups is 2. The second kappa shape index (κ2) is 6.67. The van der Waals surface area contributed by atoms with E-state index >= 15 is 0 Å². The van der Waals surface area contributed by atoms with E-state index in [-0.39, 0.29) is 23.9 Å². The molecule has 1 unspecified atom stereocenters. The number of hydrogen-bond acceptors (Lipinski definition) is 2. The summed E-state index contributed by atoms with van der Waals surface area (Å²) in [5, 5.41) is 11.9. The predicted octanol–water partition coefficient (Wildman–Crippen LogP) is 3.10. The lowest BCUT2D eigenvalue weighted by Gasteiger charge is -2.40. The summed E-state index contributed by atoms with van der Waals surface area (Å²) in [5.74, 6) is -0.882. The van der Waals surface area contributed by atoms with Gasteiger partial charge in [0.05, 0.1) is 6.42 Å². The molecule has 1 rings (SSSR count). The van der Waals surface area contributed by atoms with Crippen molar-refractivity contribution in [1.82, 2.24) is 10.2 Å². The molecule has 0 aliphatic carbocycles. The van der Waals surface area contributed by atoms with Gasteiger partial charge in [-0.2, -0.15) is 0 Å². The van der Waals surface area contributed by atoms with E-state index in [1.165, 1.54) is 0 Å². The number of likely N-dealkylation sites (tertiary alicyclic amines) is 1. The Morgan fingerprint density at radius 3 is 2.19 bits per heavy atom. The van der Waals surface area contributed by atoms with Crippen LogP contribution >= 0.6 is 0 Å². The molecular weight excluding hydrogens is 268 g/mol. The van der Waals surface area contributed by atoms with E-state index in [0.29, 0.717) is 5.41 Å². The fraction of sp³-hybridized carbons (Fsp3) is 0.875. The van der Waals surface area contributed by atoms with Crippen LogP contribution in [0.2, 0.25) is 0 Å². The van der Waals surface area contributed by atoms with Crippen molar-refractivity contribution in [3.63, 3.8) is 0 Å². The molecule has 1 atom stereocenters. The molecule has 0 aromatic heterocycles. The van der Waals surface area contributed by atoms with E-state index in [2.05, 4.69) is 19.2 Å². The van der Waals surface area contributed by atoms with Gasteiger partial charge >= 0.3 is 12.0 Å². The van der Waals surface area contributed by atoms with Gasteiger partial charge < -0.3 is 15.3 Å².